The van der Waals surface area contributed by atoms with Crippen molar-refractivity contribution < 1.29 is 8.42 Å². The summed E-state index contributed by atoms with van der Waals surface area (Å²) in [6.07, 6.45) is 0. The van der Waals surface area contributed by atoms with Crippen LogP contribution in [-0.2, 0) is 10.0 Å². The molecule has 0 unspecified atom stereocenters. The molecule has 82 valence electrons. The van der Waals surface area contributed by atoms with Crippen molar-refractivity contribution in [3.05, 3.63) is 16.5 Å². The van der Waals surface area contributed by atoms with Crippen LogP contribution in [0.5, 0.6) is 0 Å². The molecule has 2 rings (SSSR count). The van der Waals surface area contributed by atoms with Crippen LogP contribution < -0.4 is 0 Å². The zero-order chi connectivity index (χ0) is 11.4. The van der Waals surface area contributed by atoms with Crippen LogP contribution in [0.3, 0.4) is 0 Å². The molecule has 0 fully saturated rings. The fourth-order valence-electron chi connectivity index (χ4n) is 1.60. The standard InChI is InChI=1S/C10H13NO2S2/c1-6-5-7-8(10(2,3)4)11-15(12,13)9(7)14-6/h5H,1-4H3. The molecule has 2 heterocycles. The summed E-state index contributed by atoms with van der Waals surface area (Å²) in [6.45, 7) is 7.84. The van der Waals surface area contributed by atoms with Crippen molar-refractivity contribution in [1.82, 2.24) is 0 Å². The number of aryl methyl sites for hydroxylation is 1. The van der Waals surface area contributed by atoms with Gasteiger partial charge in [0, 0.05) is 15.9 Å². The summed E-state index contributed by atoms with van der Waals surface area (Å²) in [4.78, 5) is 1.01. The van der Waals surface area contributed by atoms with E-state index in [9.17, 15) is 8.42 Å². The van der Waals surface area contributed by atoms with Gasteiger partial charge in [-0.25, -0.2) is 0 Å². The van der Waals surface area contributed by atoms with E-state index in [4.69, 9.17) is 0 Å². The van der Waals surface area contributed by atoms with E-state index in [-0.39, 0.29) is 5.41 Å². The minimum Gasteiger partial charge on any atom is -0.198 e. The van der Waals surface area contributed by atoms with Gasteiger partial charge < -0.3 is 0 Å². The quantitative estimate of drug-likeness (QED) is 0.703. The highest BCUT2D eigenvalue weighted by Gasteiger charge is 2.36. The summed E-state index contributed by atoms with van der Waals surface area (Å²) in [5.74, 6) is 0. The predicted molar refractivity (Wildman–Crippen MR) is 62.2 cm³/mol. The molecule has 0 bridgehead atoms. The van der Waals surface area contributed by atoms with E-state index in [1.54, 1.807) is 0 Å². The normalized spacial score (nSPS) is 18.8. The molecule has 0 radical (unpaired) electrons. The number of hydrogen-bond acceptors (Lipinski definition) is 3. The molecule has 0 saturated heterocycles. The van der Waals surface area contributed by atoms with Crippen molar-refractivity contribution in [3.63, 3.8) is 0 Å². The summed E-state index contributed by atoms with van der Waals surface area (Å²) >= 11 is 1.30. The fraction of sp³-hybridized carbons (Fsp3) is 0.500. The summed E-state index contributed by atoms with van der Waals surface area (Å²) in [6, 6.07) is 1.91. The number of nitrogens with zero attached hydrogens (tertiary/aromatic N) is 1. The minimum atomic E-state index is -3.41. The third-order valence-electron chi connectivity index (χ3n) is 2.23. The molecule has 0 aliphatic carbocycles. The Morgan fingerprint density at radius 2 is 1.93 bits per heavy atom. The molecule has 1 aliphatic heterocycles. The molecule has 0 saturated carbocycles. The molecule has 1 aliphatic rings. The second-order valence-corrected chi connectivity index (χ2v) is 7.78. The van der Waals surface area contributed by atoms with E-state index in [0.29, 0.717) is 9.92 Å². The van der Waals surface area contributed by atoms with Crippen molar-refractivity contribution in [2.24, 2.45) is 9.81 Å². The maximum Gasteiger partial charge on any atom is 0.292 e. The van der Waals surface area contributed by atoms with Crippen LogP contribution in [0.2, 0.25) is 0 Å². The van der Waals surface area contributed by atoms with Gasteiger partial charge in [-0.15, -0.1) is 11.3 Å². The van der Waals surface area contributed by atoms with Crippen LogP contribution >= 0.6 is 11.3 Å². The number of rotatable bonds is 0. The molecule has 1 aromatic heterocycles. The van der Waals surface area contributed by atoms with Gasteiger partial charge in [0.15, 0.2) is 4.21 Å². The van der Waals surface area contributed by atoms with Gasteiger partial charge in [-0.05, 0) is 13.0 Å². The van der Waals surface area contributed by atoms with Crippen molar-refractivity contribution in [1.29, 1.82) is 0 Å². The van der Waals surface area contributed by atoms with Gasteiger partial charge in [0.25, 0.3) is 10.0 Å². The Kier molecular flexibility index (Phi) is 2.11. The number of sulfonamides is 1. The predicted octanol–water partition coefficient (Wildman–Crippen LogP) is 2.59. The first-order chi connectivity index (χ1) is 6.72. The van der Waals surface area contributed by atoms with E-state index in [0.717, 1.165) is 10.4 Å². The molecule has 1 aromatic rings. The lowest BCUT2D eigenvalue weighted by atomic mass is 9.87. The smallest absolute Gasteiger partial charge is 0.198 e. The zero-order valence-electron chi connectivity index (χ0n) is 9.16. The van der Waals surface area contributed by atoms with Crippen LogP contribution in [0, 0.1) is 12.3 Å². The SMILES string of the molecule is Cc1cc2c(s1)S(=O)(=O)N=C2C(C)(C)C. The van der Waals surface area contributed by atoms with Gasteiger partial charge in [-0.2, -0.15) is 12.8 Å². The highest BCUT2D eigenvalue weighted by Crippen LogP contribution is 2.38. The summed E-state index contributed by atoms with van der Waals surface area (Å²) in [5, 5.41) is 0. The van der Waals surface area contributed by atoms with Crippen LogP contribution in [0.4, 0.5) is 0 Å². The Morgan fingerprint density at radius 1 is 1.33 bits per heavy atom. The van der Waals surface area contributed by atoms with Gasteiger partial charge in [0.2, 0.25) is 0 Å². The third-order valence-corrected chi connectivity index (χ3v) is 5.07. The van der Waals surface area contributed by atoms with E-state index in [1.165, 1.54) is 11.3 Å². The second kappa shape index (κ2) is 2.92. The summed E-state index contributed by atoms with van der Waals surface area (Å²) < 4.78 is 27.8. The second-order valence-electron chi connectivity index (χ2n) is 4.72. The average Bonchev–Trinajstić information content (AvgIpc) is 2.49. The largest absolute Gasteiger partial charge is 0.292 e. The first-order valence-corrected chi connectivity index (χ1v) is 6.94. The molecular formula is C10H13NO2S2. The highest BCUT2D eigenvalue weighted by molar-refractivity contribution is 7.92. The number of fused-ring (bicyclic) bond motifs is 1. The lowest BCUT2D eigenvalue weighted by Gasteiger charge is -2.17. The van der Waals surface area contributed by atoms with Gasteiger partial charge in [0.1, 0.15) is 0 Å². The maximum atomic E-state index is 11.7. The van der Waals surface area contributed by atoms with Crippen molar-refractivity contribution in [3.8, 4) is 0 Å². The van der Waals surface area contributed by atoms with Crippen molar-refractivity contribution in [2.45, 2.75) is 31.9 Å². The first-order valence-electron chi connectivity index (χ1n) is 4.68. The minimum absolute atomic E-state index is 0.230. The maximum absolute atomic E-state index is 11.7. The van der Waals surface area contributed by atoms with E-state index >= 15 is 0 Å². The molecule has 0 atom stereocenters. The lowest BCUT2D eigenvalue weighted by molar-refractivity contribution is 0.589. The van der Waals surface area contributed by atoms with Gasteiger partial charge >= 0.3 is 0 Å². The highest BCUT2D eigenvalue weighted by atomic mass is 32.2. The van der Waals surface area contributed by atoms with E-state index < -0.39 is 10.0 Å². The van der Waals surface area contributed by atoms with E-state index in [1.807, 2.05) is 33.8 Å². The molecule has 5 heteroatoms. The van der Waals surface area contributed by atoms with Crippen LogP contribution in [0.15, 0.2) is 14.7 Å². The van der Waals surface area contributed by atoms with E-state index in [2.05, 4.69) is 4.40 Å². The molecule has 3 nitrogen and oxygen atoms in total. The Balaban J connectivity index is 2.74. The van der Waals surface area contributed by atoms with Gasteiger partial charge in [0.05, 0.1) is 5.71 Å². The van der Waals surface area contributed by atoms with Crippen molar-refractivity contribution >= 4 is 27.1 Å². The van der Waals surface area contributed by atoms with Crippen LogP contribution in [0.1, 0.15) is 31.2 Å². The van der Waals surface area contributed by atoms with Crippen molar-refractivity contribution in [2.75, 3.05) is 0 Å². The Hall–Kier alpha value is -0.680. The van der Waals surface area contributed by atoms with Crippen LogP contribution in [-0.4, -0.2) is 14.1 Å². The van der Waals surface area contributed by atoms with Gasteiger partial charge in [-0.1, -0.05) is 20.8 Å². The average molecular weight is 243 g/mol. The molecule has 0 amide bonds. The Bertz CT molecular complexity index is 544. The molecule has 15 heavy (non-hydrogen) atoms. The summed E-state index contributed by atoms with van der Waals surface area (Å²) in [7, 11) is -3.41. The third kappa shape index (κ3) is 1.63. The van der Waals surface area contributed by atoms with Gasteiger partial charge in [-0.3, -0.25) is 0 Å². The zero-order valence-corrected chi connectivity index (χ0v) is 10.8. The fourth-order valence-corrected chi connectivity index (χ4v) is 4.39. The monoisotopic (exact) mass is 243 g/mol. The van der Waals surface area contributed by atoms with Crippen LogP contribution in [0.25, 0.3) is 0 Å². The Labute approximate surface area is 93.9 Å². The number of hydrogen-bond donors (Lipinski definition) is 0. The lowest BCUT2D eigenvalue weighted by Crippen LogP contribution is -2.19. The first kappa shape index (κ1) is 10.8. The molecule has 0 aromatic carbocycles. The topological polar surface area (TPSA) is 46.5 Å². The molecular weight excluding hydrogens is 230 g/mol. The summed E-state index contributed by atoms with van der Waals surface area (Å²) in [5.41, 5.74) is 1.25. The Morgan fingerprint density at radius 3 is 2.47 bits per heavy atom. The number of thiophene rings is 1. The molecule has 0 N–H and O–H groups in total. The molecule has 0 spiro atoms.